The van der Waals surface area contributed by atoms with Crippen molar-refractivity contribution in [1.82, 2.24) is 5.32 Å². The predicted molar refractivity (Wildman–Crippen MR) is 49.8 cm³/mol. The van der Waals surface area contributed by atoms with Gasteiger partial charge in [-0.3, -0.25) is 10.3 Å². The smallest absolute Gasteiger partial charge is 0.0636 e. The summed E-state index contributed by atoms with van der Waals surface area (Å²) in [6.07, 6.45) is 0. The van der Waals surface area contributed by atoms with E-state index in [1.807, 2.05) is 25.2 Å². The molecule has 1 rings (SSSR count). The fourth-order valence-electron chi connectivity index (χ4n) is 1.07. The summed E-state index contributed by atoms with van der Waals surface area (Å²) in [5.74, 6) is 0. The van der Waals surface area contributed by atoms with E-state index in [2.05, 4.69) is 16.9 Å². The Morgan fingerprint density at radius 1 is 1.42 bits per heavy atom. The zero-order valence-electron chi connectivity index (χ0n) is 7.42. The Morgan fingerprint density at radius 2 is 2.25 bits per heavy atom. The molecule has 0 aliphatic rings. The van der Waals surface area contributed by atoms with Crippen LogP contribution in [0.2, 0.25) is 0 Å². The summed E-state index contributed by atoms with van der Waals surface area (Å²) in [7, 11) is 3.53. The Morgan fingerprint density at radius 3 is 2.92 bits per heavy atom. The molecule has 0 aliphatic heterocycles. The van der Waals surface area contributed by atoms with E-state index in [1.54, 1.807) is 7.11 Å². The molecule has 1 aromatic rings. The minimum Gasteiger partial charge on any atom is -0.316 e. The van der Waals surface area contributed by atoms with Crippen molar-refractivity contribution < 1.29 is 4.84 Å². The zero-order valence-corrected chi connectivity index (χ0v) is 7.42. The van der Waals surface area contributed by atoms with Gasteiger partial charge in [0.1, 0.15) is 0 Å². The first-order valence-corrected chi connectivity index (χ1v) is 3.89. The third-order valence-corrected chi connectivity index (χ3v) is 1.53. The van der Waals surface area contributed by atoms with Crippen molar-refractivity contribution in [2.75, 3.05) is 19.6 Å². The van der Waals surface area contributed by atoms with E-state index >= 15 is 0 Å². The largest absolute Gasteiger partial charge is 0.316 e. The summed E-state index contributed by atoms with van der Waals surface area (Å²) < 4.78 is 0. The van der Waals surface area contributed by atoms with Crippen LogP contribution >= 0.6 is 0 Å². The van der Waals surface area contributed by atoms with Crippen molar-refractivity contribution in [3.63, 3.8) is 0 Å². The first-order valence-electron chi connectivity index (χ1n) is 3.89. The lowest BCUT2D eigenvalue weighted by Gasteiger charge is -2.05. The molecule has 0 saturated heterocycles. The van der Waals surface area contributed by atoms with Crippen LogP contribution in [0.1, 0.15) is 5.56 Å². The summed E-state index contributed by atoms with van der Waals surface area (Å²) in [5.41, 5.74) is 4.99. The van der Waals surface area contributed by atoms with E-state index in [9.17, 15) is 0 Å². The van der Waals surface area contributed by atoms with Gasteiger partial charge in [0.25, 0.3) is 0 Å². The molecule has 0 spiro atoms. The lowest BCUT2D eigenvalue weighted by atomic mass is 10.2. The van der Waals surface area contributed by atoms with Crippen LogP contribution in [0.4, 0.5) is 5.69 Å². The molecule has 0 aliphatic carbocycles. The van der Waals surface area contributed by atoms with Crippen LogP contribution < -0.4 is 10.8 Å². The molecule has 0 aromatic heterocycles. The van der Waals surface area contributed by atoms with Gasteiger partial charge < -0.3 is 5.32 Å². The molecular formula is C9H14N2O. The Kier molecular flexibility index (Phi) is 3.57. The van der Waals surface area contributed by atoms with E-state index in [0.29, 0.717) is 0 Å². The summed E-state index contributed by atoms with van der Waals surface area (Å²) >= 11 is 0. The van der Waals surface area contributed by atoms with Gasteiger partial charge in [0.05, 0.1) is 12.8 Å². The predicted octanol–water partition coefficient (Wildman–Crippen LogP) is 1.38. The molecule has 0 bridgehead atoms. The molecule has 66 valence electrons. The number of benzene rings is 1. The highest BCUT2D eigenvalue weighted by atomic mass is 16.6. The second-order valence-corrected chi connectivity index (χ2v) is 2.54. The summed E-state index contributed by atoms with van der Waals surface area (Å²) in [6.45, 7) is 0.874. The van der Waals surface area contributed by atoms with Crippen LogP contribution in [0.25, 0.3) is 0 Å². The van der Waals surface area contributed by atoms with Gasteiger partial charge in [-0.15, -0.1) is 0 Å². The fraction of sp³-hybridized carbons (Fsp3) is 0.333. The summed E-state index contributed by atoms with van der Waals surface area (Å²) in [5, 5.41) is 3.08. The van der Waals surface area contributed by atoms with Crippen LogP contribution in [-0.2, 0) is 11.4 Å². The van der Waals surface area contributed by atoms with Crippen molar-refractivity contribution in [3.8, 4) is 0 Å². The molecule has 12 heavy (non-hydrogen) atoms. The van der Waals surface area contributed by atoms with Crippen LogP contribution in [0.5, 0.6) is 0 Å². The quantitative estimate of drug-likeness (QED) is 0.663. The number of rotatable bonds is 4. The number of nitrogens with one attached hydrogen (secondary N) is 2. The molecule has 3 heteroatoms. The van der Waals surface area contributed by atoms with Crippen molar-refractivity contribution in [1.29, 1.82) is 0 Å². The van der Waals surface area contributed by atoms with Crippen molar-refractivity contribution in [2.24, 2.45) is 0 Å². The van der Waals surface area contributed by atoms with Gasteiger partial charge in [-0.25, -0.2) is 0 Å². The second-order valence-electron chi connectivity index (χ2n) is 2.54. The molecule has 0 fully saturated rings. The molecule has 1 aromatic carbocycles. The standard InChI is InChI=1S/C9H14N2O/c1-10-7-8-4-3-5-9(6-8)11-12-2/h3-6,10-11H,7H2,1-2H3. The van der Waals surface area contributed by atoms with Gasteiger partial charge in [0.15, 0.2) is 0 Å². The average molecular weight is 166 g/mol. The lowest BCUT2D eigenvalue weighted by Crippen LogP contribution is -2.05. The molecule has 0 saturated carbocycles. The maximum Gasteiger partial charge on any atom is 0.0636 e. The van der Waals surface area contributed by atoms with Crippen LogP contribution in [0.15, 0.2) is 24.3 Å². The Hall–Kier alpha value is -1.06. The third-order valence-electron chi connectivity index (χ3n) is 1.53. The minimum atomic E-state index is 0.874. The van der Waals surface area contributed by atoms with Gasteiger partial charge in [-0.2, -0.15) is 0 Å². The molecule has 0 radical (unpaired) electrons. The van der Waals surface area contributed by atoms with Gasteiger partial charge in [-0.05, 0) is 24.7 Å². The first kappa shape index (κ1) is 9.03. The number of hydrogen-bond acceptors (Lipinski definition) is 3. The molecular weight excluding hydrogens is 152 g/mol. The van der Waals surface area contributed by atoms with Crippen LogP contribution in [0.3, 0.4) is 0 Å². The van der Waals surface area contributed by atoms with E-state index in [1.165, 1.54) is 5.56 Å². The Balaban J connectivity index is 2.67. The molecule has 3 nitrogen and oxygen atoms in total. The Labute approximate surface area is 72.7 Å². The monoisotopic (exact) mass is 166 g/mol. The van der Waals surface area contributed by atoms with Crippen LogP contribution in [-0.4, -0.2) is 14.2 Å². The summed E-state index contributed by atoms with van der Waals surface area (Å²) in [4.78, 5) is 4.79. The van der Waals surface area contributed by atoms with Crippen molar-refractivity contribution >= 4 is 5.69 Å². The van der Waals surface area contributed by atoms with Gasteiger partial charge in [0, 0.05) is 6.54 Å². The lowest BCUT2D eigenvalue weighted by molar-refractivity contribution is 0.271. The number of hydrogen-bond donors (Lipinski definition) is 2. The van der Waals surface area contributed by atoms with Crippen LogP contribution in [0, 0.1) is 0 Å². The Bertz CT molecular complexity index is 216. The SMILES string of the molecule is CNCc1cccc(NOC)c1. The van der Waals surface area contributed by atoms with Gasteiger partial charge >= 0.3 is 0 Å². The maximum absolute atomic E-state index is 4.79. The topological polar surface area (TPSA) is 33.3 Å². The average Bonchev–Trinajstić information content (AvgIpc) is 2.06. The van der Waals surface area contributed by atoms with Gasteiger partial charge in [-0.1, -0.05) is 12.1 Å². The first-order chi connectivity index (χ1) is 5.86. The van der Waals surface area contributed by atoms with E-state index in [4.69, 9.17) is 4.84 Å². The molecule has 2 N–H and O–H groups in total. The molecule has 0 heterocycles. The second kappa shape index (κ2) is 4.74. The highest BCUT2D eigenvalue weighted by Crippen LogP contribution is 2.09. The maximum atomic E-state index is 4.79. The van der Waals surface area contributed by atoms with Crippen molar-refractivity contribution in [2.45, 2.75) is 6.54 Å². The van der Waals surface area contributed by atoms with E-state index in [0.717, 1.165) is 12.2 Å². The highest BCUT2D eigenvalue weighted by Gasteiger charge is 1.92. The van der Waals surface area contributed by atoms with Crippen molar-refractivity contribution in [3.05, 3.63) is 29.8 Å². The molecule has 0 amide bonds. The third kappa shape index (κ3) is 2.53. The van der Waals surface area contributed by atoms with E-state index in [-0.39, 0.29) is 0 Å². The molecule has 0 atom stereocenters. The van der Waals surface area contributed by atoms with Gasteiger partial charge in [0.2, 0.25) is 0 Å². The number of anilines is 1. The zero-order chi connectivity index (χ0) is 8.81. The van der Waals surface area contributed by atoms with E-state index < -0.39 is 0 Å². The normalized spacial score (nSPS) is 9.83. The summed E-state index contributed by atoms with van der Waals surface area (Å²) in [6, 6.07) is 8.06. The fourth-order valence-corrected chi connectivity index (χ4v) is 1.07. The minimum absolute atomic E-state index is 0.874. The molecule has 0 unspecified atom stereocenters. The highest BCUT2D eigenvalue weighted by molar-refractivity contribution is 5.43.